The maximum Gasteiger partial charge on any atom is 0.176 e. The highest BCUT2D eigenvalue weighted by molar-refractivity contribution is 5.97. The van der Waals surface area contributed by atoms with Crippen molar-refractivity contribution in [2.24, 2.45) is 0 Å². The van der Waals surface area contributed by atoms with Gasteiger partial charge in [-0.05, 0) is 56.8 Å². The van der Waals surface area contributed by atoms with Gasteiger partial charge in [-0.3, -0.25) is 9.69 Å². The molecule has 0 amide bonds. The van der Waals surface area contributed by atoms with Crippen LogP contribution in [0.3, 0.4) is 0 Å². The van der Waals surface area contributed by atoms with Crippen molar-refractivity contribution in [3.63, 3.8) is 0 Å². The van der Waals surface area contributed by atoms with Crippen molar-refractivity contribution >= 4 is 5.78 Å². The quantitative estimate of drug-likeness (QED) is 0.827. The number of hydrogen-bond acceptors (Lipinski definition) is 3. The van der Waals surface area contributed by atoms with Gasteiger partial charge in [-0.15, -0.1) is 0 Å². The van der Waals surface area contributed by atoms with Crippen LogP contribution in [0.25, 0.3) is 0 Å². The molecule has 19 heavy (non-hydrogen) atoms. The van der Waals surface area contributed by atoms with Crippen molar-refractivity contribution in [3.8, 4) is 0 Å². The van der Waals surface area contributed by atoms with E-state index in [0.717, 1.165) is 31.4 Å². The first-order chi connectivity index (χ1) is 9.11. The molecule has 3 heteroatoms. The number of Topliss-reactive ketones (excluding diaryl/α,β-unsaturated/α-hetero) is 1. The number of aliphatic hydroxyl groups is 1. The highest BCUT2D eigenvalue weighted by Gasteiger charge is 2.25. The standard InChI is InChI=1S/C16H23NO2/c1-12-5-6-14(10-13(12)2)16(19)11-17-8-3-4-15(17)7-9-18/h5-6,10,15,18H,3-4,7-9,11H2,1-2H3. The van der Waals surface area contributed by atoms with Gasteiger partial charge in [0.25, 0.3) is 0 Å². The van der Waals surface area contributed by atoms with Crippen LogP contribution in [0.2, 0.25) is 0 Å². The van der Waals surface area contributed by atoms with Crippen molar-refractivity contribution in [1.29, 1.82) is 0 Å². The van der Waals surface area contributed by atoms with E-state index in [2.05, 4.69) is 11.8 Å². The molecule has 1 aliphatic heterocycles. The van der Waals surface area contributed by atoms with Gasteiger partial charge < -0.3 is 5.11 Å². The summed E-state index contributed by atoms with van der Waals surface area (Å²) in [4.78, 5) is 14.5. The molecule has 0 spiro atoms. The molecule has 0 bridgehead atoms. The Hall–Kier alpha value is -1.19. The van der Waals surface area contributed by atoms with Crippen LogP contribution in [0.4, 0.5) is 0 Å². The molecule has 0 aliphatic carbocycles. The molecule has 1 fully saturated rings. The molecule has 1 aliphatic rings. The summed E-state index contributed by atoms with van der Waals surface area (Å²) < 4.78 is 0. The average molecular weight is 261 g/mol. The molecule has 1 N–H and O–H groups in total. The van der Waals surface area contributed by atoms with Gasteiger partial charge in [-0.1, -0.05) is 12.1 Å². The fourth-order valence-electron chi connectivity index (χ4n) is 2.77. The lowest BCUT2D eigenvalue weighted by molar-refractivity contribution is 0.0909. The lowest BCUT2D eigenvalue weighted by Crippen LogP contribution is -2.34. The van der Waals surface area contributed by atoms with Crippen LogP contribution in [-0.4, -0.2) is 41.5 Å². The number of carbonyl (C=O) groups is 1. The summed E-state index contributed by atoms with van der Waals surface area (Å²) in [5.41, 5.74) is 3.19. The Bertz CT molecular complexity index is 456. The maximum atomic E-state index is 12.3. The molecule has 2 rings (SSSR count). The summed E-state index contributed by atoms with van der Waals surface area (Å²) in [6.45, 7) is 5.76. The molecule has 1 saturated heterocycles. The number of aryl methyl sites for hydroxylation is 2. The van der Waals surface area contributed by atoms with E-state index in [1.807, 2.05) is 25.1 Å². The van der Waals surface area contributed by atoms with E-state index < -0.39 is 0 Å². The smallest absolute Gasteiger partial charge is 0.176 e. The summed E-state index contributed by atoms with van der Waals surface area (Å²) >= 11 is 0. The third-order valence-electron chi connectivity index (χ3n) is 4.14. The van der Waals surface area contributed by atoms with Gasteiger partial charge in [0.2, 0.25) is 0 Å². The lowest BCUT2D eigenvalue weighted by Gasteiger charge is -2.23. The third-order valence-corrected chi connectivity index (χ3v) is 4.14. The van der Waals surface area contributed by atoms with Gasteiger partial charge in [-0.2, -0.15) is 0 Å². The summed E-state index contributed by atoms with van der Waals surface area (Å²) in [7, 11) is 0. The van der Waals surface area contributed by atoms with E-state index in [4.69, 9.17) is 5.11 Å². The SMILES string of the molecule is Cc1ccc(C(=O)CN2CCCC2CCO)cc1C. The first-order valence-electron chi connectivity index (χ1n) is 7.07. The summed E-state index contributed by atoms with van der Waals surface area (Å²) in [5.74, 6) is 0.188. The van der Waals surface area contributed by atoms with Crippen LogP contribution in [-0.2, 0) is 0 Å². The van der Waals surface area contributed by atoms with Crippen molar-refractivity contribution in [1.82, 2.24) is 4.90 Å². The molecule has 1 atom stereocenters. The molecular weight excluding hydrogens is 238 g/mol. The van der Waals surface area contributed by atoms with Gasteiger partial charge >= 0.3 is 0 Å². The van der Waals surface area contributed by atoms with Crippen molar-refractivity contribution in [2.45, 2.75) is 39.2 Å². The Labute approximate surface area is 115 Å². The van der Waals surface area contributed by atoms with Crippen molar-refractivity contribution in [3.05, 3.63) is 34.9 Å². The first-order valence-corrected chi connectivity index (χ1v) is 7.07. The Morgan fingerprint density at radius 3 is 2.84 bits per heavy atom. The molecule has 3 nitrogen and oxygen atoms in total. The van der Waals surface area contributed by atoms with Crippen LogP contribution in [0.1, 0.15) is 40.7 Å². The van der Waals surface area contributed by atoms with Crippen molar-refractivity contribution < 1.29 is 9.90 Å². The van der Waals surface area contributed by atoms with Gasteiger partial charge in [0.15, 0.2) is 5.78 Å². The number of rotatable bonds is 5. The van der Waals surface area contributed by atoms with Gasteiger partial charge in [0.05, 0.1) is 6.54 Å². The van der Waals surface area contributed by atoms with Crippen LogP contribution in [0.15, 0.2) is 18.2 Å². The molecule has 0 saturated carbocycles. The highest BCUT2D eigenvalue weighted by Crippen LogP contribution is 2.20. The van der Waals surface area contributed by atoms with Gasteiger partial charge in [0, 0.05) is 18.2 Å². The monoisotopic (exact) mass is 261 g/mol. The largest absolute Gasteiger partial charge is 0.396 e. The zero-order valence-electron chi connectivity index (χ0n) is 11.9. The Balaban J connectivity index is 2.02. The summed E-state index contributed by atoms with van der Waals surface area (Å²) in [6, 6.07) is 6.29. The number of aliphatic hydroxyl groups excluding tert-OH is 1. The Morgan fingerprint density at radius 1 is 1.37 bits per heavy atom. The Morgan fingerprint density at radius 2 is 2.16 bits per heavy atom. The second-order valence-electron chi connectivity index (χ2n) is 5.50. The number of ketones is 1. The summed E-state index contributed by atoms with van der Waals surface area (Å²) in [5, 5.41) is 9.05. The molecule has 1 aromatic carbocycles. The molecule has 0 radical (unpaired) electrons. The molecule has 104 valence electrons. The lowest BCUT2D eigenvalue weighted by atomic mass is 10.0. The van der Waals surface area contributed by atoms with E-state index in [0.29, 0.717) is 12.6 Å². The number of hydrogen-bond donors (Lipinski definition) is 1. The zero-order valence-corrected chi connectivity index (χ0v) is 11.9. The fraction of sp³-hybridized carbons (Fsp3) is 0.562. The minimum Gasteiger partial charge on any atom is -0.396 e. The normalized spacial score (nSPS) is 19.8. The fourth-order valence-corrected chi connectivity index (χ4v) is 2.77. The number of nitrogens with zero attached hydrogens (tertiary/aromatic N) is 1. The van der Waals surface area contributed by atoms with Gasteiger partial charge in [-0.25, -0.2) is 0 Å². The maximum absolute atomic E-state index is 12.3. The number of carbonyl (C=O) groups excluding carboxylic acids is 1. The second kappa shape index (κ2) is 6.31. The van der Waals surface area contributed by atoms with Gasteiger partial charge in [0.1, 0.15) is 0 Å². The van der Waals surface area contributed by atoms with Crippen LogP contribution in [0, 0.1) is 13.8 Å². The molecular formula is C16H23NO2. The third kappa shape index (κ3) is 3.43. The van der Waals surface area contributed by atoms with Crippen LogP contribution < -0.4 is 0 Å². The van der Waals surface area contributed by atoms with E-state index in [1.165, 1.54) is 11.1 Å². The number of benzene rings is 1. The number of likely N-dealkylation sites (tertiary alicyclic amines) is 1. The zero-order chi connectivity index (χ0) is 13.8. The minimum atomic E-state index is 0.188. The van der Waals surface area contributed by atoms with E-state index in [-0.39, 0.29) is 12.4 Å². The second-order valence-corrected chi connectivity index (χ2v) is 5.50. The predicted octanol–water partition coefficient (Wildman–Crippen LogP) is 2.33. The topological polar surface area (TPSA) is 40.5 Å². The van der Waals surface area contributed by atoms with Crippen LogP contribution in [0.5, 0.6) is 0 Å². The van der Waals surface area contributed by atoms with E-state index in [1.54, 1.807) is 0 Å². The summed E-state index contributed by atoms with van der Waals surface area (Å²) in [6.07, 6.45) is 3.01. The Kier molecular flexibility index (Phi) is 4.72. The van der Waals surface area contributed by atoms with Crippen LogP contribution >= 0.6 is 0 Å². The minimum absolute atomic E-state index is 0.188. The first kappa shape index (κ1) is 14.2. The van der Waals surface area contributed by atoms with E-state index in [9.17, 15) is 4.79 Å². The molecule has 1 aromatic rings. The highest BCUT2D eigenvalue weighted by atomic mass is 16.3. The molecule has 0 aromatic heterocycles. The average Bonchev–Trinajstić information content (AvgIpc) is 2.80. The molecule has 1 unspecified atom stereocenters. The predicted molar refractivity (Wildman–Crippen MR) is 76.5 cm³/mol. The van der Waals surface area contributed by atoms with Crippen molar-refractivity contribution in [2.75, 3.05) is 19.7 Å². The molecule has 1 heterocycles. The van der Waals surface area contributed by atoms with E-state index >= 15 is 0 Å².